The molecule has 0 spiro atoms. The Bertz CT molecular complexity index is 494. The molecule has 2 atom stereocenters. The molecule has 0 saturated heterocycles. The van der Waals surface area contributed by atoms with E-state index in [0.717, 1.165) is 18.4 Å². The van der Waals surface area contributed by atoms with Crippen LogP contribution < -0.4 is 0 Å². The van der Waals surface area contributed by atoms with Gasteiger partial charge < -0.3 is 5.11 Å². The van der Waals surface area contributed by atoms with Gasteiger partial charge in [-0.2, -0.15) is 0 Å². The summed E-state index contributed by atoms with van der Waals surface area (Å²) in [6.45, 7) is 3.98. The molecule has 5 heteroatoms. The van der Waals surface area contributed by atoms with E-state index in [9.17, 15) is 13.5 Å². The third kappa shape index (κ3) is 3.78. The number of rotatable bonds is 6. The Labute approximate surface area is 116 Å². The van der Waals surface area contributed by atoms with Gasteiger partial charge in [0.15, 0.2) is 0 Å². The van der Waals surface area contributed by atoms with Gasteiger partial charge in [-0.3, -0.25) is 0 Å². The second-order valence-electron chi connectivity index (χ2n) is 5.00. The Balaban J connectivity index is 2.94. The van der Waals surface area contributed by atoms with Crippen LogP contribution in [-0.4, -0.2) is 38.0 Å². The number of sulfonamides is 1. The van der Waals surface area contributed by atoms with E-state index in [0.29, 0.717) is 0 Å². The number of aliphatic hydroxyl groups excluding tert-OH is 1. The Morgan fingerprint density at radius 3 is 2.16 bits per heavy atom. The molecule has 0 aromatic heterocycles. The number of benzene rings is 1. The molecule has 0 bridgehead atoms. The van der Waals surface area contributed by atoms with E-state index in [4.69, 9.17) is 0 Å². The number of nitrogens with zero attached hydrogens (tertiary/aromatic N) is 1. The quantitative estimate of drug-likeness (QED) is 0.871. The van der Waals surface area contributed by atoms with Gasteiger partial charge in [-0.1, -0.05) is 32.4 Å². The van der Waals surface area contributed by atoms with Crippen LogP contribution in [-0.2, 0) is 10.0 Å². The zero-order valence-electron chi connectivity index (χ0n) is 12.0. The van der Waals surface area contributed by atoms with Crippen molar-refractivity contribution in [3.05, 3.63) is 29.8 Å². The highest BCUT2D eigenvalue weighted by atomic mass is 32.2. The first-order chi connectivity index (χ1) is 8.80. The van der Waals surface area contributed by atoms with Crippen molar-refractivity contribution in [2.75, 3.05) is 14.1 Å². The third-order valence-electron chi connectivity index (χ3n) is 3.35. The predicted octanol–water partition coefficient (Wildman–Crippen LogP) is 2.20. The first kappa shape index (κ1) is 16.1. The number of aliphatic hydroxyl groups is 1. The van der Waals surface area contributed by atoms with Gasteiger partial charge in [0.1, 0.15) is 0 Å². The lowest BCUT2D eigenvalue weighted by Crippen LogP contribution is -2.22. The predicted molar refractivity (Wildman–Crippen MR) is 76.6 cm³/mol. The van der Waals surface area contributed by atoms with Gasteiger partial charge in [0.05, 0.1) is 11.0 Å². The molecule has 0 amide bonds. The summed E-state index contributed by atoms with van der Waals surface area (Å²) in [6, 6.07) is 6.75. The second-order valence-corrected chi connectivity index (χ2v) is 7.15. The van der Waals surface area contributed by atoms with Crippen molar-refractivity contribution in [2.24, 2.45) is 0 Å². The lowest BCUT2D eigenvalue weighted by molar-refractivity contribution is 0.138. The molecule has 0 heterocycles. The highest BCUT2D eigenvalue weighted by Crippen LogP contribution is 2.24. The van der Waals surface area contributed by atoms with Gasteiger partial charge in [-0.15, -0.1) is 0 Å². The lowest BCUT2D eigenvalue weighted by Gasteiger charge is -2.19. The molecule has 19 heavy (non-hydrogen) atoms. The SMILES string of the molecule is CCCC(O)C(C)c1ccc(S(=O)(=O)N(C)C)cc1. The third-order valence-corrected chi connectivity index (χ3v) is 5.18. The summed E-state index contributed by atoms with van der Waals surface area (Å²) in [7, 11) is -0.357. The minimum absolute atomic E-state index is 0.0102. The standard InChI is InChI=1S/C14H23NO3S/c1-5-6-14(16)11(2)12-7-9-13(10-8-12)19(17,18)15(3)4/h7-11,14,16H,5-6H2,1-4H3. The zero-order valence-corrected chi connectivity index (χ0v) is 12.8. The average molecular weight is 285 g/mol. The molecule has 108 valence electrons. The Morgan fingerprint density at radius 1 is 1.21 bits per heavy atom. The first-order valence-corrected chi connectivity index (χ1v) is 7.95. The van der Waals surface area contributed by atoms with Crippen LogP contribution in [0.15, 0.2) is 29.2 Å². The summed E-state index contributed by atoms with van der Waals surface area (Å²) in [5, 5.41) is 9.96. The van der Waals surface area contributed by atoms with Crippen molar-refractivity contribution >= 4 is 10.0 Å². The zero-order chi connectivity index (χ0) is 14.6. The summed E-state index contributed by atoms with van der Waals surface area (Å²) in [4.78, 5) is 0.276. The van der Waals surface area contributed by atoms with Crippen LogP contribution in [0.4, 0.5) is 0 Å². The summed E-state index contributed by atoms with van der Waals surface area (Å²) in [6.07, 6.45) is 1.29. The van der Waals surface area contributed by atoms with Crippen LogP contribution >= 0.6 is 0 Å². The molecule has 0 radical (unpaired) electrons. The fourth-order valence-corrected chi connectivity index (χ4v) is 2.82. The fourth-order valence-electron chi connectivity index (χ4n) is 1.92. The average Bonchev–Trinajstić information content (AvgIpc) is 2.38. The van der Waals surface area contributed by atoms with Crippen molar-refractivity contribution in [1.82, 2.24) is 4.31 Å². The van der Waals surface area contributed by atoms with E-state index in [1.165, 1.54) is 18.4 Å². The topological polar surface area (TPSA) is 57.6 Å². The minimum Gasteiger partial charge on any atom is -0.393 e. The summed E-state index contributed by atoms with van der Waals surface area (Å²) in [5.41, 5.74) is 0.957. The minimum atomic E-state index is -3.38. The van der Waals surface area contributed by atoms with Crippen LogP contribution in [0, 0.1) is 0 Å². The molecule has 1 rings (SSSR count). The molecule has 0 fully saturated rings. The van der Waals surface area contributed by atoms with Crippen molar-refractivity contribution in [3.8, 4) is 0 Å². The fraction of sp³-hybridized carbons (Fsp3) is 0.571. The molecule has 0 saturated carbocycles. The van der Waals surface area contributed by atoms with Crippen molar-refractivity contribution in [1.29, 1.82) is 0 Å². The van der Waals surface area contributed by atoms with Crippen LogP contribution in [0.5, 0.6) is 0 Å². The Kier molecular flexibility index (Phi) is 5.52. The Morgan fingerprint density at radius 2 is 1.74 bits per heavy atom. The smallest absolute Gasteiger partial charge is 0.242 e. The van der Waals surface area contributed by atoms with Crippen molar-refractivity contribution < 1.29 is 13.5 Å². The van der Waals surface area contributed by atoms with Crippen molar-refractivity contribution in [3.63, 3.8) is 0 Å². The largest absolute Gasteiger partial charge is 0.393 e. The molecule has 2 unspecified atom stereocenters. The summed E-state index contributed by atoms with van der Waals surface area (Å²) >= 11 is 0. The highest BCUT2D eigenvalue weighted by Gasteiger charge is 2.19. The van der Waals surface area contributed by atoms with Gasteiger partial charge in [-0.25, -0.2) is 12.7 Å². The first-order valence-electron chi connectivity index (χ1n) is 6.51. The van der Waals surface area contributed by atoms with Gasteiger partial charge in [0.25, 0.3) is 0 Å². The van der Waals surface area contributed by atoms with E-state index < -0.39 is 10.0 Å². The maximum Gasteiger partial charge on any atom is 0.242 e. The van der Waals surface area contributed by atoms with E-state index in [1.807, 2.05) is 13.8 Å². The van der Waals surface area contributed by atoms with E-state index >= 15 is 0 Å². The van der Waals surface area contributed by atoms with Crippen LogP contribution in [0.3, 0.4) is 0 Å². The summed E-state index contributed by atoms with van der Waals surface area (Å²) in [5.74, 6) is 0.0102. The normalized spacial score (nSPS) is 15.5. The van der Waals surface area contributed by atoms with Crippen molar-refractivity contribution in [2.45, 2.75) is 43.6 Å². The molecule has 1 N–H and O–H groups in total. The van der Waals surface area contributed by atoms with E-state index in [-0.39, 0.29) is 16.9 Å². The molecule has 1 aromatic rings. The number of hydrogen-bond donors (Lipinski definition) is 1. The molecule has 0 aliphatic carbocycles. The Hall–Kier alpha value is -0.910. The molecule has 1 aromatic carbocycles. The van der Waals surface area contributed by atoms with Gasteiger partial charge in [-0.05, 0) is 24.1 Å². The van der Waals surface area contributed by atoms with Crippen LogP contribution in [0.25, 0.3) is 0 Å². The van der Waals surface area contributed by atoms with E-state index in [2.05, 4.69) is 0 Å². The second kappa shape index (κ2) is 6.50. The maximum atomic E-state index is 11.9. The molecule has 0 aliphatic rings. The summed E-state index contributed by atoms with van der Waals surface area (Å²) < 4.78 is 25.0. The highest BCUT2D eigenvalue weighted by molar-refractivity contribution is 7.89. The number of hydrogen-bond acceptors (Lipinski definition) is 3. The van der Waals surface area contributed by atoms with Gasteiger partial charge in [0, 0.05) is 20.0 Å². The molecular formula is C14H23NO3S. The molecular weight excluding hydrogens is 262 g/mol. The monoisotopic (exact) mass is 285 g/mol. The molecule has 0 aliphatic heterocycles. The lowest BCUT2D eigenvalue weighted by atomic mass is 9.93. The van der Waals surface area contributed by atoms with Gasteiger partial charge >= 0.3 is 0 Å². The van der Waals surface area contributed by atoms with Gasteiger partial charge in [0.2, 0.25) is 10.0 Å². The molecule has 4 nitrogen and oxygen atoms in total. The van der Waals surface area contributed by atoms with E-state index in [1.54, 1.807) is 24.3 Å². The van der Waals surface area contributed by atoms with Crippen LogP contribution in [0.2, 0.25) is 0 Å². The van der Waals surface area contributed by atoms with Crippen LogP contribution in [0.1, 0.15) is 38.2 Å². The maximum absolute atomic E-state index is 11.9.